The summed E-state index contributed by atoms with van der Waals surface area (Å²) < 4.78 is 17.9. The number of rotatable bonds is 4. The van der Waals surface area contributed by atoms with Gasteiger partial charge >= 0.3 is 0 Å². The number of anilines is 1. The Balaban J connectivity index is 1.77. The van der Waals surface area contributed by atoms with Crippen LogP contribution in [0.4, 0.5) is 10.2 Å². The lowest BCUT2D eigenvalue weighted by Gasteiger charge is -2.16. The van der Waals surface area contributed by atoms with Gasteiger partial charge in [-0.05, 0) is 24.5 Å². The molecule has 2 amide bonds. The second-order valence-corrected chi connectivity index (χ2v) is 7.97. The van der Waals surface area contributed by atoms with Crippen LogP contribution in [0.3, 0.4) is 0 Å². The van der Waals surface area contributed by atoms with Crippen LogP contribution in [-0.2, 0) is 11.8 Å². The number of nitrogens with zero attached hydrogens (tertiary/aromatic N) is 5. The smallest absolute Gasteiger partial charge is 0.255 e. The maximum Gasteiger partial charge on any atom is 0.255 e. The maximum absolute atomic E-state index is 14.7. The van der Waals surface area contributed by atoms with Crippen molar-refractivity contribution in [3.05, 3.63) is 52.7 Å². The fourth-order valence-electron chi connectivity index (χ4n) is 3.99. The van der Waals surface area contributed by atoms with E-state index in [0.29, 0.717) is 30.8 Å². The number of aromatic nitrogens is 4. The van der Waals surface area contributed by atoms with Gasteiger partial charge in [-0.2, -0.15) is 5.10 Å². The molecular formula is C22H21ClFN7O2. The van der Waals surface area contributed by atoms with Gasteiger partial charge in [-0.25, -0.2) is 14.1 Å². The Hall–Kier alpha value is -3.84. The monoisotopic (exact) mass is 469 g/mol. The lowest BCUT2D eigenvalue weighted by Crippen LogP contribution is -2.27. The van der Waals surface area contributed by atoms with Gasteiger partial charge in [0.05, 0.1) is 22.9 Å². The molecule has 1 aliphatic heterocycles. The molecule has 0 aliphatic carbocycles. The molecule has 1 unspecified atom stereocenters. The minimum atomic E-state index is -0.718. The first kappa shape index (κ1) is 22.4. The van der Waals surface area contributed by atoms with E-state index in [1.807, 2.05) is 0 Å². The zero-order valence-electron chi connectivity index (χ0n) is 18.0. The third kappa shape index (κ3) is 3.81. The first-order valence-corrected chi connectivity index (χ1v) is 10.5. The highest BCUT2D eigenvalue weighted by Gasteiger charge is 2.31. The van der Waals surface area contributed by atoms with Crippen molar-refractivity contribution in [1.29, 1.82) is 0 Å². The molecule has 1 aromatic carbocycles. The number of imidazole rings is 1. The third-order valence-electron chi connectivity index (χ3n) is 5.59. The van der Waals surface area contributed by atoms with Gasteiger partial charge in [-0.3, -0.25) is 9.59 Å². The Labute approximate surface area is 194 Å². The Kier molecular flexibility index (Phi) is 5.82. The number of primary amides is 1. The minimum absolute atomic E-state index is 0.106. The largest absolute Gasteiger partial charge is 0.373 e. The first-order valence-electron chi connectivity index (χ1n) is 10.1. The molecule has 2 aromatic heterocycles. The highest BCUT2D eigenvalue weighted by Crippen LogP contribution is 2.30. The van der Waals surface area contributed by atoms with E-state index in [-0.39, 0.29) is 39.3 Å². The summed E-state index contributed by atoms with van der Waals surface area (Å²) in [5, 5.41) is 7.30. The Morgan fingerprint density at radius 1 is 1.42 bits per heavy atom. The van der Waals surface area contributed by atoms with Crippen LogP contribution in [-0.4, -0.2) is 56.2 Å². The van der Waals surface area contributed by atoms with Crippen LogP contribution in [0.5, 0.6) is 0 Å². The summed E-state index contributed by atoms with van der Waals surface area (Å²) in [6, 6.07) is 1.39. The van der Waals surface area contributed by atoms with Crippen LogP contribution in [0.2, 0.25) is 5.02 Å². The molecular weight excluding hydrogens is 449 g/mol. The van der Waals surface area contributed by atoms with Gasteiger partial charge in [0, 0.05) is 32.7 Å². The predicted octanol–water partition coefficient (Wildman–Crippen LogP) is 2.06. The summed E-state index contributed by atoms with van der Waals surface area (Å²) in [7, 11) is 3.30. The SMILES string of the molecule is C=CC(=O)N1CCC(n2nc(C#Cc3cc4ncn(C)c4c(F)c3Cl)c(C(N)=O)c2NC)C1. The molecule has 1 fully saturated rings. The highest BCUT2D eigenvalue weighted by atomic mass is 35.5. The first-order chi connectivity index (χ1) is 15.8. The molecule has 0 bridgehead atoms. The Morgan fingerprint density at radius 2 is 2.18 bits per heavy atom. The van der Waals surface area contributed by atoms with Crippen molar-refractivity contribution in [2.45, 2.75) is 12.5 Å². The van der Waals surface area contributed by atoms with E-state index in [0.717, 1.165) is 0 Å². The third-order valence-corrected chi connectivity index (χ3v) is 5.96. The number of likely N-dealkylation sites (tertiary alicyclic amines) is 1. The maximum atomic E-state index is 14.7. The summed E-state index contributed by atoms with van der Waals surface area (Å²) in [5.41, 5.74) is 6.73. The summed E-state index contributed by atoms with van der Waals surface area (Å²) >= 11 is 6.20. The molecule has 1 saturated heterocycles. The van der Waals surface area contributed by atoms with Gasteiger partial charge < -0.3 is 20.5 Å². The van der Waals surface area contributed by atoms with E-state index in [1.54, 1.807) is 29.7 Å². The number of nitrogens with two attached hydrogens (primary N) is 1. The topological polar surface area (TPSA) is 111 Å². The second-order valence-electron chi connectivity index (χ2n) is 7.59. The molecule has 3 N–H and O–H groups in total. The summed E-state index contributed by atoms with van der Waals surface area (Å²) in [5.74, 6) is 4.47. The zero-order chi connectivity index (χ0) is 23.9. The molecule has 1 aliphatic rings. The lowest BCUT2D eigenvalue weighted by atomic mass is 10.1. The number of carbonyl (C=O) groups is 2. The molecule has 170 valence electrons. The van der Waals surface area contributed by atoms with Gasteiger partial charge in [0.1, 0.15) is 16.9 Å². The fourth-order valence-corrected chi connectivity index (χ4v) is 4.18. The molecule has 0 spiro atoms. The standard InChI is InChI=1S/C22H21ClFN7O2/c1-4-16(32)30-8-7-13(10-30)31-22(26-2)17(21(25)33)14(28-31)6-5-12-9-15-20(19(24)18(12)23)29(3)11-27-15/h4,9,11,13,26H,1,7-8,10H2,2-3H3,(H2,25,33). The number of halogens is 2. The minimum Gasteiger partial charge on any atom is -0.373 e. The molecule has 3 aromatic rings. The Morgan fingerprint density at radius 3 is 2.85 bits per heavy atom. The average Bonchev–Trinajstić information content (AvgIpc) is 3.51. The number of amides is 2. The molecule has 9 nitrogen and oxygen atoms in total. The number of benzene rings is 1. The molecule has 0 radical (unpaired) electrons. The predicted molar refractivity (Wildman–Crippen MR) is 122 cm³/mol. The zero-order valence-corrected chi connectivity index (χ0v) is 18.8. The number of fused-ring (bicyclic) bond motifs is 1. The van der Waals surface area contributed by atoms with Gasteiger partial charge in [-0.1, -0.05) is 24.1 Å². The summed E-state index contributed by atoms with van der Waals surface area (Å²) in [6.07, 6.45) is 3.38. The average molecular weight is 470 g/mol. The molecule has 0 saturated carbocycles. The van der Waals surface area contributed by atoms with Crippen LogP contribution in [0, 0.1) is 17.7 Å². The van der Waals surface area contributed by atoms with Gasteiger partial charge in [0.25, 0.3) is 5.91 Å². The lowest BCUT2D eigenvalue weighted by molar-refractivity contribution is -0.125. The number of carbonyl (C=O) groups excluding carboxylic acids is 2. The highest BCUT2D eigenvalue weighted by molar-refractivity contribution is 6.32. The number of hydrogen-bond donors (Lipinski definition) is 2. The molecule has 1 atom stereocenters. The van der Waals surface area contributed by atoms with Gasteiger partial charge in [-0.15, -0.1) is 0 Å². The van der Waals surface area contributed by atoms with Crippen molar-refractivity contribution in [3.8, 4) is 11.8 Å². The quantitative estimate of drug-likeness (QED) is 0.449. The van der Waals surface area contributed by atoms with E-state index in [2.05, 4.69) is 33.8 Å². The molecule has 3 heterocycles. The van der Waals surface area contributed by atoms with Crippen molar-refractivity contribution in [2.75, 3.05) is 25.5 Å². The van der Waals surface area contributed by atoms with Crippen molar-refractivity contribution in [2.24, 2.45) is 12.8 Å². The van der Waals surface area contributed by atoms with Crippen LogP contribution < -0.4 is 11.1 Å². The van der Waals surface area contributed by atoms with E-state index in [9.17, 15) is 14.0 Å². The number of nitrogens with one attached hydrogen (secondary N) is 1. The van der Waals surface area contributed by atoms with E-state index in [1.165, 1.54) is 17.0 Å². The van der Waals surface area contributed by atoms with E-state index >= 15 is 0 Å². The summed E-state index contributed by atoms with van der Waals surface area (Å²) in [4.78, 5) is 30.0. The van der Waals surface area contributed by atoms with E-state index < -0.39 is 11.7 Å². The van der Waals surface area contributed by atoms with Crippen LogP contribution in [0.25, 0.3) is 11.0 Å². The fraction of sp³-hybridized carbons (Fsp3) is 0.273. The normalized spacial score (nSPS) is 15.4. The second kappa shape index (κ2) is 8.60. The van der Waals surface area contributed by atoms with Crippen LogP contribution >= 0.6 is 11.6 Å². The number of hydrogen-bond acceptors (Lipinski definition) is 5. The van der Waals surface area contributed by atoms with Crippen molar-refractivity contribution in [1.82, 2.24) is 24.2 Å². The van der Waals surface area contributed by atoms with Crippen molar-refractivity contribution in [3.63, 3.8) is 0 Å². The van der Waals surface area contributed by atoms with Gasteiger partial charge in [0.2, 0.25) is 5.91 Å². The van der Waals surface area contributed by atoms with Crippen LogP contribution in [0.15, 0.2) is 25.0 Å². The van der Waals surface area contributed by atoms with Crippen molar-refractivity contribution < 1.29 is 14.0 Å². The van der Waals surface area contributed by atoms with Crippen molar-refractivity contribution >= 4 is 40.3 Å². The van der Waals surface area contributed by atoms with Gasteiger partial charge in [0.15, 0.2) is 11.5 Å². The molecule has 4 rings (SSSR count). The number of aryl methyl sites for hydroxylation is 1. The van der Waals surface area contributed by atoms with Crippen LogP contribution in [0.1, 0.15) is 34.1 Å². The van der Waals surface area contributed by atoms with E-state index in [4.69, 9.17) is 17.3 Å². The molecule has 11 heteroatoms. The Bertz CT molecular complexity index is 1360. The molecule has 33 heavy (non-hydrogen) atoms. The summed E-state index contributed by atoms with van der Waals surface area (Å²) in [6.45, 7) is 4.45.